The highest BCUT2D eigenvalue weighted by molar-refractivity contribution is 5.85. The largest absolute Gasteiger partial charge is 0.508 e. The van der Waals surface area contributed by atoms with Gasteiger partial charge in [-0.2, -0.15) is 0 Å². The molecule has 62 valence electrons. The molecular weight excluding hydrogens is 144 g/mol. The molecule has 0 saturated heterocycles. The molecule has 11 heavy (non-hydrogen) atoms. The molecule has 0 saturated carbocycles. The molecule has 0 aliphatic carbocycles. The van der Waals surface area contributed by atoms with Gasteiger partial charge in [-0.15, -0.1) is 0 Å². The highest BCUT2D eigenvalue weighted by Gasteiger charge is 2.24. The van der Waals surface area contributed by atoms with E-state index in [0.717, 1.165) is 25.3 Å². The van der Waals surface area contributed by atoms with Crippen LogP contribution in [-0.4, -0.2) is 17.2 Å². The highest BCUT2D eigenvalue weighted by Crippen LogP contribution is 2.17. The molecule has 3 nitrogen and oxygen atoms in total. The molecular formula is C8H12O3. The molecule has 0 fully saturated rings. The normalized spacial score (nSPS) is 23.2. The lowest BCUT2D eigenvalue weighted by Crippen LogP contribution is -2.11. The van der Waals surface area contributed by atoms with Crippen molar-refractivity contribution in [3.8, 4) is 0 Å². The lowest BCUT2D eigenvalue weighted by atomic mass is 10.1. The van der Waals surface area contributed by atoms with Gasteiger partial charge in [0, 0.05) is 0 Å². The maximum absolute atomic E-state index is 10.6. The van der Waals surface area contributed by atoms with E-state index in [1.165, 1.54) is 0 Å². The Kier molecular flexibility index (Phi) is 2.52. The van der Waals surface area contributed by atoms with Gasteiger partial charge in [-0.25, -0.2) is 4.79 Å². The van der Waals surface area contributed by atoms with Crippen LogP contribution in [0.3, 0.4) is 0 Å². The predicted molar refractivity (Wildman–Crippen MR) is 40.1 cm³/mol. The quantitative estimate of drug-likeness (QED) is 0.630. The third-order valence-corrected chi connectivity index (χ3v) is 1.67. The van der Waals surface area contributed by atoms with Gasteiger partial charge in [0.1, 0.15) is 5.76 Å². The second-order valence-corrected chi connectivity index (χ2v) is 2.64. The van der Waals surface area contributed by atoms with Crippen molar-refractivity contribution in [1.82, 2.24) is 0 Å². The number of esters is 1. The number of carbonyl (C=O) groups excluding carboxylic acids is 1. The zero-order valence-electron chi connectivity index (χ0n) is 6.54. The molecule has 0 aromatic rings. The summed E-state index contributed by atoms with van der Waals surface area (Å²) in [4.78, 5) is 10.6. The van der Waals surface area contributed by atoms with Crippen LogP contribution in [0.25, 0.3) is 0 Å². The molecule has 1 aliphatic rings. The lowest BCUT2D eigenvalue weighted by Gasteiger charge is -2.08. The minimum Gasteiger partial charge on any atom is -0.508 e. The number of ether oxygens (including phenoxy) is 1. The Hall–Kier alpha value is -0.990. The number of rotatable bonds is 3. The molecule has 0 bridgehead atoms. The molecule has 1 atom stereocenters. The lowest BCUT2D eigenvalue weighted by molar-refractivity contribution is -0.139. The van der Waals surface area contributed by atoms with Crippen LogP contribution >= 0.6 is 0 Å². The number of cyclic esters (lactones) is 1. The van der Waals surface area contributed by atoms with Gasteiger partial charge in [-0.3, -0.25) is 0 Å². The molecule has 1 heterocycles. The Morgan fingerprint density at radius 3 is 2.91 bits per heavy atom. The Bertz CT molecular complexity index is 184. The zero-order valence-corrected chi connectivity index (χ0v) is 6.54. The van der Waals surface area contributed by atoms with Crippen molar-refractivity contribution in [1.29, 1.82) is 0 Å². The molecule has 0 aromatic heterocycles. The molecule has 0 amide bonds. The Labute approximate surface area is 65.7 Å². The molecule has 1 N–H and O–H groups in total. The summed E-state index contributed by atoms with van der Waals surface area (Å²) in [7, 11) is 0. The van der Waals surface area contributed by atoms with Gasteiger partial charge in [-0.1, -0.05) is 13.3 Å². The van der Waals surface area contributed by atoms with E-state index in [1.54, 1.807) is 0 Å². The number of hydrogen-bond acceptors (Lipinski definition) is 3. The fourth-order valence-corrected chi connectivity index (χ4v) is 1.04. The zero-order chi connectivity index (χ0) is 8.27. The molecule has 0 unspecified atom stereocenters. The SMILES string of the molecule is CCCC[C@H]1OC(=O)C=C1O. The Morgan fingerprint density at radius 2 is 2.45 bits per heavy atom. The van der Waals surface area contributed by atoms with E-state index < -0.39 is 5.97 Å². The maximum atomic E-state index is 10.6. The standard InChI is InChI=1S/C8H12O3/c1-2-3-4-7-6(9)5-8(10)11-7/h5,7,9H,2-4H2,1H3/t7-/m1/s1. The number of unbranched alkanes of at least 4 members (excludes halogenated alkanes) is 1. The third-order valence-electron chi connectivity index (χ3n) is 1.67. The van der Waals surface area contributed by atoms with Crippen LogP contribution in [0.1, 0.15) is 26.2 Å². The van der Waals surface area contributed by atoms with Crippen LogP contribution in [0.15, 0.2) is 11.8 Å². The predicted octanol–water partition coefficient (Wildman–Crippen LogP) is 1.54. The first-order chi connectivity index (χ1) is 5.24. The van der Waals surface area contributed by atoms with Crippen molar-refractivity contribution >= 4 is 5.97 Å². The van der Waals surface area contributed by atoms with Gasteiger partial charge >= 0.3 is 5.97 Å². The van der Waals surface area contributed by atoms with Crippen LogP contribution in [-0.2, 0) is 9.53 Å². The van der Waals surface area contributed by atoms with Gasteiger partial charge in [-0.05, 0) is 12.8 Å². The van der Waals surface area contributed by atoms with Crippen molar-refractivity contribution in [2.45, 2.75) is 32.3 Å². The molecule has 1 rings (SSSR count). The summed E-state index contributed by atoms with van der Waals surface area (Å²) < 4.78 is 4.79. The molecule has 0 spiro atoms. The first-order valence-corrected chi connectivity index (χ1v) is 3.85. The second kappa shape index (κ2) is 3.42. The van der Waals surface area contributed by atoms with E-state index in [-0.39, 0.29) is 11.9 Å². The van der Waals surface area contributed by atoms with E-state index in [0.29, 0.717) is 0 Å². The smallest absolute Gasteiger partial charge is 0.335 e. The topological polar surface area (TPSA) is 46.5 Å². The van der Waals surface area contributed by atoms with Crippen molar-refractivity contribution in [2.24, 2.45) is 0 Å². The monoisotopic (exact) mass is 156 g/mol. The van der Waals surface area contributed by atoms with Crippen molar-refractivity contribution in [3.63, 3.8) is 0 Å². The van der Waals surface area contributed by atoms with E-state index in [1.807, 2.05) is 0 Å². The molecule has 0 radical (unpaired) electrons. The minimum absolute atomic E-state index is 0.0726. The molecule has 0 aromatic carbocycles. The summed E-state index contributed by atoms with van der Waals surface area (Å²) in [6.45, 7) is 2.05. The second-order valence-electron chi connectivity index (χ2n) is 2.64. The van der Waals surface area contributed by atoms with Crippen LogP contribution in [0.2, 0.25) is 0 Å². The fourth-order valence-electron chi connectivity index (χ4n) is 1.04. The van der Waals surface area contributed by atoms with E-state index in [2.05, 4.69) is 6.92 Å². The molecule has 1 aliphatic heterocycles. The average Bonchev–Trinajstić information content (AvgIpc) is 2.26. The van der Waals surface area contributed by atoms with Crippen molar-refractivity contribution < 1.29 is 14.6 Å². The highest BCUT2D eigenvalue weighted by atomic mass is 16.6. The van der Waals surface area contributed by atoms with Gasteiger partial charge < -0.3 is 9.84 Å². The third kappa shape index (κ3) is 1.97. The number of aliphatic hydroxyl groups excluding tert-OH is 1. The summed E-state index contributed by atoms with van der Waals surface area (Å²) in [5, 5.41) is 9.10. The van der Waals surface area contributed by atoms with Gasteiger partial charge in [0.05, 0.1) is 6.08 Å². The van der Waals surface area contributed by atoms with E-state index >= 15 is 0 Å². The summed E-state index contributed by atoms with van der Waals surface area (Å²) in [5.41, 5.74) is 0. The van der Waals surface area contributed by atoms with Crippen LogP contribution in [0.4, 0.5) is 0 Å². The van der Waals surface area contributed by atoms with Gasteiger partial charge in [0.25, 0.3) is 0 Å². The summed E-state index contributed by atoms with van der Waals surface area (Å²) in [6.07, 6.45) is 3.50. The Balaban J connectivity index is 2.38. The fraction of sp³-hybridized carbons (Fsp3) is 0.625. The first-order valence-electron chi connectivity index (χ1n) is 3.85. The summed E-state index contributed by atoms with van der Waals surface area (Å²) in [5.74, 6) is -0.355. The van der Waals surface area contributed by atoms with E-state index in [4.69, 9.17) is 9.84 Å². The average molecular weight is 156 g/mol. The minimum atomic E-state index is -0.427. The first kappa shape index (κ1) is 8.11. The van der Waals surface area contributed by atoms with Gasteiger partial charge in [0.15, 0.2) is 6.10 Å². The van der Waals surface area contributed by atoms with Crippen LogP contribution in [0.5, 0.6) is 0 Å². The van der Waals surface area contributed by atoms with E-state index in [9.17, 15) is 4.79 Å². The summed E-state index contributed by atoms with van der Waals surface area (Å²) in [6, 6.07) is 0. The summed E-state index contributed by atoms with van der Waals surface area (Å²) >= 11 is 0. The number of aliphatic hydroxyl groups is 1. The van der Waals surface area contributed by atoms with Gasteiger partial charge in [0.2, 0.25) is 0 Å². The van der Waals surface area contributed by atoms with Crippen molar-refractivity contribution in [3.05, 3.63) is 11.8 Å². The number of carbonyl (C=O) groups is 1. The molecule has 3 heteroatoms. The number of hydrogen-bond donors (Lipinski definition) is 1. The maximum Gasteiger partial charge on any atom is 0.335 e. The van der Waals surface area contributed by atoms with Crippen LogP contribution < -0.4 is 0 Å². The van der Waals surface area contributed by atoms with Crippen LogP contribution in [0, 0.1) is 0 Å². The Morgan fingerprint density at radius 1 is 1.73 bits per heavy atom. The van der Waals surface area contributed by atoms with Crippen molar-refractivity contribution in [2.75, 3.05) is 0 Å².